The Morgan fingerprint density at radius 2 is 1.82 bits per heavy atom. The standard InChI is InChI=1S/C18H23N3O/c1-18(2,3)17(22)21-15-9-10-16(20-13-15)19-12-11-14-7-5-4-6-8-14/h4-10,13H,11-12H2,1-3H3,(H,19,20)(H,21,22). The molecular formula is C18H23N3O. The van der Waals surface area contributed by atoms with Crippen LogP contribution in [0.3, 0.4) is 0 Å². The highest BCUT2D eigenvalue weighted by molar-refractivity contribution is 5.94. The first-order valence-electron chi connectivity index (χ1n) is 7.50. The number of aromatic nitrogens is 1. The Labute approximate surface area is 132 Å². The number of hydrogen-bond acceptors (Lipinski definition) is 3. The lowest BCUT2D eigenvalue weighted by Gasteiger charge is -2.17. The summed E-state index contributed by atoms with van der Waals surface area (Å²) in [6, 6.07) is 14.1. The lowest BCUT2D eigenvalue weighted by molar-refractivity contribution is -0.123. The molecule has 4 nitrogen and oxygen atoms in total. The van der Waals surface area contributed by atoms with Gasteiger partial charge < -0.3 is 10.6 Å². The average Bonchev–Trinajstić information content (AvgIpc) is 2.49. The third-order valence-corrected chi connectivity index (χ3v) is 3.27. The Morgan fingerprint density at radius 1 is 1.09 bits per heavy atom. The van der Waals surface area contributed by atoms with Crippen molar-refractivity contribution in [1.29, 1.82) is 0 Å². The molecule has 0 unspecified atom stereocenters. The van der Waals surface area contributed by atoms with E-state index in [1.54, 1.807) is 6.20 Å². The van der Waals surface area contributed by atoms with Gasteiger partial charge in [0.2, 0.25) is 5.91 Å². The minimum absolute atomic E-state index is 0.0147. The van der Waals surface area contributed by atoms with Gasteiger partial charge >= 0.3 is 0 Å². The van der Waals surface area contributed by atoms with Gasteiger partial charge in [0.1, 0.15) is 5.82 Å². The summed E-state index contributed by atoms with van der Waals surface area (Å²) in [7, 11) is 0. The first kappa shape index (κ1) is 16.0. The Balaban J connectivity index is 1.83. The summed E-state index contributed by atoms with van der Waals surface area (Å²) in [5.74, 6) is 0.795. The number of nitrogens with zero attached hydrogens (tertiary/aromatic N) is 1. The van der Waals surface area contributed by atoms with Crippen molar-refractivity contribution in [2.24, 2.45) is 5.41 Å². The van der Waals surface area contributed by atoms with Crippen molar-refractivity contribution in [3.05, 3.63) is 54.2 Å². The SMILES string of the molecule is CC(C)(C)C(=O)Nc1ccc(NCCc2ccccc2)nc1. The van der Waals surface area contributed by atoms with E-state index in [1.807, 2.05) is 51.1 Å². The molecule has 0 bridgehead atoms. The summed E-state index contributed by atoms with van der Waals surface area (Å²) in [6.07, 6.45) is 2.62. The molecule has 1 aromatic heterocycles. The van der Waals surface area contributed by atoms with E-state index in [4.69, 9.17) is 0 Å². The van der Waals surface area contributed by atoms with Crippen LogP contribution in [0.2, 0.25) is 0 Å². The summed E-state index contributed by atoms with van der Waals surface area (Å²) < 4.78 is 0. The van der Waals surface area contributed by atoms with Gasteiger partial charge in [-0.3, -0.25) is 4.79 Å². The van der Waals surface area contributed by atoms with Gasteiger partial charge in [0.05, 0.1) is 11.9 Å². The first-order valence-corrected chi connectivity index (χ1v) is 7.50. The van der Waals surface area contributed by atoms with Gasteiger partial charge in [0, 0.05) is 12.0 Å². The van der Waals surface area contributed by atoms with Gasteiger partial charge in [0.25, 0.3) is 0 Å². The molecular weight excluding hydrogens is 274 g/mol. The van der Waals surface area contributed by atoms with Gasteiger partial charge in [-0.05, 0) is 24.1 Å². The maximum absolute atomic E-state index is 11.9. The number of carbonyl (C=O) groups excluding carboxylic acids is 1. The Bertz CT molecular complexity index is 600. The molecule has 0 aliphatic heterocycles. The molecule has 0 saturated carbocycles. The number of carbonyl (C=O) groups is 1. The summed E-state index contributed by atoms with van der Waals surface area (Å²) in [6.45, 7) is 6.48. The lowest BCUT2D eigenvalue weighted by atomic mass is 9.96. The molecule has 22 heavy (non-hydrogen) atoms. The lowest BCUT2D eigenvalue weighted by Crippen LogP contribution is -2.27. The molecule has 0 fully saturated rings. The smallest absolute Gasteiger partial charge is 0.229 e. The largest absolute Gasteiger partial charge is 0.370 e. The zero-order chi connectivity index (χ0) is 16.0. The fourth-order valence-electron chi connectivity index (χ4n) is 1.87. The predicted octanol–water partition coefficient (Wildman–Crippen LogP) is 3.72. The van der Waals surface area contributed by atoms with E-state index in [-0.39, 0.29) is 5.91 Å². The van der Waals surface area contributed by atoms with Crippen LogP contribution >= 0.6 is 0 Å². The summed E-state index contributed by atoms with van der Waals surface area (Å²) in [4.78, 5) is 16.2. The van der Waals surface area contributed by atoms with Crippen LogP contribution < -0.4 is 10.6 Å². The minimum Gasteiger partial charge on any atom is -0.370 e. The van der Waals surface area contributed by atoms with Crippen LogP contribution in [-0.4, -0.2) is 17.4 Å². The van der Waals surface area contributed by atoms with Crippen molar-refractivity contribution >= 4 is 17.4 Å². The minimum atomic E-state index is -0.410. The van der Waals surface area contributed by atoms with Crippen molar-refractivity contribution < 1.29 is 4.79 Å². The molecule has 1 aromatic carbocycles. The van der Waals surface area contributed by atoms with Crippen molar-refractivity contribution in [3.8, 4) is 0 Å². The first-order chi connectivity index (χ1) is 10.4. The fourth-order valence-corrected chi connectivity index (χ4v) is 1.87. The second-order valence-electron chi connectivity index (χ2n) is 6.30. The van der Waals surface area contributed by atoms with Gasteiger partial charge in [-0.15, -0.1) is 0 Å². The summed E-state index contributed by atoms with van der Waals surface area (Å²) in [5.41, 5.74) is 1.60. The van der Waals surface area contributed by atoms with Crippen LogP contribution in [0.1, 0.15) is 26.3 Å². The molecule has 0 aliphatic rings. The zero-order valence-electron chi connectivity index (χ0n) is 13.4. The molecule has 0 aliphatic carbocycles. The molecule has 2 N–H and O–H groups in total. The highest BCUT2D eigenvalue weighted by Crippen LogP contribution is 2.17. The molecule has 1 heterocycles. The second kappa shape index (κ2) is 7.07. The van der Waals surface area contributed by atoms with Gasteiger partial charge in [-0.25, -0.2) is 4.98 Å². The van der Waals surface area contributed by atoms with Crippen LogP contribution in [0, 0.1) is 5.41 Å². The molecule has 1 amide bonds. The highest BCUT2D eigenvalue weighted by atomic mass is 16.2. The number of nitrogens with one attached hydrogen (secondary N) is 2. The fraction of sp³-hybridized carbons (Fsp3) is 0.333. The van der Waals surface area contributed by atoms with Crippen LogP contribution in [0.25, 0.3) is 0 Å². The third-order valence-electron chi connectivity index (χ3n) is 3.27. The quantitative estimate of drug-likeness (QED) is 0.884. The number of rotatable bonds is 5. The maximum atomic E-state index is 11.9. The number of hydrogen-bond donors (Lipinski definition) is 2. The van der Waals surface area contributed by atoms with E-state index in [1.165, 1.54) is 5.56 Å². The molecule has 2 aromatic rings. The van der Waals surface area contributed by atoms with Gasteiger partial charge in [0.15, 0.2) is 0 Å². The summed E-state index contributed by atoms with van der Waals surface area (Å²) >= 11 is 0. The number of amides is 1. The highest BCUT2D eigenvalue weighted by Gasteiger charge is 2.21. The average molecular weight is 297 g/mol. The Hall–Kier alpha value is -2.36. The Kier molecular flexibility index (Phi) is 5.15. The van der Waals surface area contributed by atoms with Crippen LogP contribution in [0.15, 0.2) is 48.7 Å². The normalized spacial score (nSPS) is 11.0. The summed E-state index contributed by atoms with van der Waals surface area (Å²) in [5, 5.41) is 6.14. The van der Waals surface area contributed by atoms with Crippen molar-refractivity contribution in [1.82, 2.24) is 4.98 Å². The number of pyridine rings is 1. The molecule has 0 spiro atoms. The third kappa shape index (κ3) is 4.88. The molecule has 2 rings (SSSR count). The molecule has 4 heteroatoms. The van der Waals surface area contributed by atoms with E-state index in [0.29, 0.717) is 5.69 Å². The molecule has 116 valence electrons. The predicted molar refractivity (Wildman–Crippen MR) is 91.0 cm³/mol. The molecule has 0 atom stereocenters. The second-order valence-corrected chi connectivity index (χ2v) is 6.30. The van der Waals surface area contributed by atoms with E-state index in [9.17, 15) is 4.79 Å². The van der Waals surface area contributed by atoms with E-state index < -0.39 is 5.41 Å². The van der Waals surface area contributed by atoms with Crippen LogP contribution in [-0.2, 0) is 11.2 Å². The number of benzene rings is 1. The Morgan fingerprint density at radius 3 is 2.41 bits per heavy atom. The van der Waals surface area contributed by atoms with Crippen LogP contribution in [0.4, 0.5) is 11.5 Å². The van der Waals surface area contributed by atoms with Crippen molar-refractivity contribution in [2.45, 2.75) is 27.2 Å². The van der Waals surface area contributed by atoms with E-state index in [0.717, 1.165) is 18.8 Å². The van der Waals surface area contributed by atoms with E-state index in [2.05, 4.69) is 27.8 Å². The van der Waals surface area contributed by atoms with E-state index >= 15 is 0 Å². The molecule has 0 radical (unpaired) electrons. The van der Waals surface area contributed by atoms with Crippen molar-refractivity contribution in [3.63, 3.8) is 0 Å². The monoisotopic (exact) mass is 297 g/mol. The molecule has 0 saturated heterocycles. The van der Waals surface area contributed by atoms with Gasteiger partial charge in [-0.1, -0.05) is 51.1 Å². The number of anilines is 2. The topological polar surface area (TPSA) is 54.0 Å². The van der Waals surface area contributed by atoms with Crippen LogP contribution in [0.5, 0.6) is 0 Å². The zero-order valence-corrected chi connectivity index (χ0v) is 13.4. The van der Waals surface area contributed by atoms with Crippen molar-refractivity contribution in [2.75, 3.05) is 17.2 Å². The maximum Gasteiger partial charge on any atom is 0.229 e. The van der Waals surface area contributed by atoms with Gasteiger partial charge in [-0.2, -0.15) is 0 Å².